The predicted molar refractivity (Wildman–Crippen MR) is 206 cm³/mol. The highest BCUT2D eigenvalue weighted by molar-refractivity contribution is 7.21. The zero-order chi connectivity index (χ0) is 31.6. The molecular weight excluding hydrogens is 603 g/mol. The van der Waals surface area contributed by atoms with E-state index in [1.165, 1.54) is 64.2 Å². The number of rotatable bonds is 5. The average molecular weight is 631 g/mol. The highest BCUT2D eigenvalue weighted by Gasteiger charge is 2.25. The lowest BCUT2D eigenvalue weighted by Gasteiger charge is -2.27. The van der Waals surface area contributed by atoms with Gasteiger partial charge in [-0.3, -0.25) is 0 Å². The van der Waals surface area contributed by atoms with E-state index in [1.807, 2.05) is 12.4 Å². The second kappa shape index (κ2) is 10.7. The zero-order valence-corrected chi connectivity index (χ0v) is 26.7. The van der Waals surface area contributed by atoms with Crippen molar-refractivity contribution in [2.24, 2.45) is 0 Å². The minimum absolute atomic E-state index is 1.10. The molecule has 0 unspecified atom stereocenters. The van der Waals surface area contributed by atoms with Gasteiger partial charge in [0.05, 0.1) is 22.3 Å². The van der Waals surface area contributed by atoms with Crippen molar-refractivity contribution in [3.8, 4) is 16.8 Å². The molecule has 0 bridgehead atoms. The van der Waals surface area contributed by atoms with E-state index >= 15 is 0 Å². The van der Waals surface area contributed by atoms with Crippen LogP contribution in [0, 0.1) is 0 Å². The van der Waals surface area contributed by atoms with Crippen LogP contribution in [0.3, 0.4) is 0 Å². The van der Waals surface area contributed by atoms with Crippen LogP contribution in [0.2, 0.25) is 0 Å². The third kappa shape index (κ3) is 4.18. The fourth-order valence-corrected chi connectivity index (χ4v) is 8.39. The second-order valence-electron chi connectivity index (χ2n) is 12.3. The molecular formula is C44H28N3S+. The van der Waals surface area contributed by atoms with Gasteiger partial charge in [0.25, 0.3) is 0 Å². The molecule has 0 N–H and O–H groups in total. The Morgan fingerprint density at radius 3 is 2.17 bits per heavy atom. The molecule has 4 heteroatoms. The molecule has 9 aromatic rings. The van der Waals surface area contributed by atoms with Gasteiger partial charge in [-0.1, -0.05) is 102 Å². The lowest BCUT2D eigenvalue weighted by molar-refractivity contribution is 1.18. The minimum atomic E-state index is 1.10. The molecule has 1 aliphatic heterocycles. The molecule has 2 aromatic heterocycles. The van der Waals surface area contributed by atoms with E-state index in [2.05, 4.69) is 172 Å². The van der Waals surface area contributed by atoms with Crippen molar-refractivity contribution in [2.75, 3.05) is 4.90 Å². The Balaban J connectivity index is 1.20. The van der Waals surface area contributed by atoms with Crippen molar-refractivity contribution >= 4 is 83.5 Å². The molecule has 1 aliphatic rings. The highest BCUT2D eigenvalue weighted by atomic mass is 32.1. The van der Waals surface area contributed by atoms with E-state index in [0.29, 0.717) is 0 Å². The molecule has 0 fully saturated rings. The molecule has 3 nitrogen and oxygen atoms in total. The molecule has 10 rings (SSSR count). The van der Waals surface area contributed by atoms with Gasteiger partial charge in [-0.2, -0.15) is 0 Å². The molecule has 0 radical (unpaired) electrons. The quantitative estimate of drug-likeness (QED) is 0.173. The average Bonchev–Trinajstić information content (AvgIpc) is 3.84. The fraction of sp³-hybridized carbons (Fsp3) is 0. The number of fused-ring (bicyclic) bond motifs is 7. The minimum Gasteiger partial charge on any atom is -0.310 e. The first-order valence-corrected chi connectivity index (χ1v) is 17.0. The summed E-state index contributed by atoms with van der Waals surface area (Å²) in [6.45, 7) is 0. The molecule has 7 aromatic carbocycles. The Hall–Kier alpha value is -6.19. The van der Waals surface area contributed by atoms with Crippen LogP contribution in [0.15, 0.2) is 158 Å². The SMILES string of the molecule is C1=[N+]=Cc2c1sc1cccc(N(c3ccc(-c4ccc5ccccc5c4)cc3)c3ccc4c5ccccc5n(-c5ccccc5)c4c3)c21. The van der Waals surface area contributed by atoms with Gasteiger partial charge in [-0.05, 0) is 82.6 Å². The van der Waals surface area contributed by atoms with Crippen LogP contribution in [0.25, 0.3) is 59.5 Å². The van der Waals surface area contributed by atoms with Crippen molar-refractivity contribution in [1.29, 1.82) is 0 Å². The highest BCUT2D eigenvalue weighted by Crippen LogP contribution is 2.45. The van der Waals surface area contributed by atoms with Crippen LogP contribution >= 0.6 is 11.3 Å². The number of anilines is 3. The summed E-state index contributed by atoms with van der Waals surface area (Å²) >= 11 is 1.80. The zero-order valence-electron chi connectivity index (χ0n) is 25.9. The first-order chi connectivity index (χ1) is 23.8. The topological polar surface area (TPSA) is 22.3 Å². The number of hydrogen-bond donors (Lipinski definition) is 0. The molecule has 0 aliphatic carbocycles. The van der Waals surface area contributed by atoms with E-state index in [4.69, 9.17) is 0 Å². The van der Waals surface area contributed by atoms with Crippen molar-refractivity contribution in [3.05, 3.63) is 168 Å². The van der Waals surface area contributed by atoms with Crippen molar-refractivity contribution in [2.45, 2.75) is 0 Å². The number of hydrogen-bond acceptors (Lipinski definition) is 2. The van der Waals surface area contributed by atoms with E-state index in [9.17, 15) is 0 Å². The second-order valence-corrected chi connectivity index (χ2v) is 13.4. The maximum Gasteiger partial charge on any atom is 0.310 e. The van der Waals surface area contributed by atoms with E-state index in [1.54, 1.807) is 11.3 Å². The summed E-state index contributed by atoms with van der Waals surface area (Å²) in [7, 11) is 0. The monoisotopic (exact) mass is 630 g/mol. The molecule has 0 saturated carbocycles. The lowest BCUT2D eigenvalue weighted by atomic mass is 10.0. The Morgan fingerprint density at radius 2 is 1.27 bits per heavy atom. The summed E-state index contributed by atoms with van der Waals surface area (Å²) in [5.74, 6) is 0. The van der Waals surface area contributed by atoms with Gasteiger partial charge in [0, 0.05) is 37.9 Å². The van der Waals surface area contributed by atoms with Crippen LogP contribution in [0.5, 0.6) is 0 Å². The Labute approximate surface area is 281 Å². The maximum atomic E-state index is 4.52. The summed E-state index contributed by atoms with van der Waals surface area (Å²) in [6, 6.07) is 57.2. The molecule has 0 atom stereocenters. The van der Waals surface area contributed by atoms with E-state index in [0.717, 1.165) is 22.7 Å². The third-order valence-electron chi connectivity index (χ3n) is 9.53. The van der Waals surface area contributed by atoms with Crippen molar-refractivity contribution in [1.82, 2.24) is 9.24 Å². The molecule has 0 amide bonds. The van der Waals surface area contributed by atoms with E-state index < -0.39 is 0 Å². The number of para-hydroxylation sites is 2. The van der Waals surface area contributed by atoms with E-state index in [-0.39, 0.29) is 0 Å². The smallest absolute Gasteiger partial charge is 0.310 e. The molecule has 0 saturated heterocycles. The number of thiophene rings is 1. The number of benzene rings is 7. The van der Waals surface area contributed by atoms with Gasteiger partial charge >= 0.3 is 12.4 Å². The van der Waals surface area contributed by atoms with Crippen LogP contribution in [0.1, 0.15) is 10.4 Å². The standard InChI is InChI=1S/C44H28N3S/c1-2-11-33(12-3-1)47-39-14-7-6-13-36(39)37-24-23-35(26-41(37)47)46(40-15-8-16-42-44(40)38-27-45-28-43(38)48-42)34-21-19-30(20-22-34)32-18-17-29-9-4-5-10-31(29)25-32/h1-28H/q+1. The maximum absolute atomic E-state index is 4.52. The van der Waals surface area contributed by atoms with Crippen LogP contribution in [-0.4, -0.2) is 17.0 Å². The summed E-state index contributed by atoms with van der Waals surface area (Å²) in [4.78, 5) is 3.63. The Kier molecular flexibility index (Phi) is 6.00. The first kappa shape index (κ1) is 27.0. The fourth-order valence-electron chi connectivity index (χ4n) is 7.31. The normalized spacial score (nSPS) is 12.1. The van der Waals surface area contributed by atoms with Gasteiger partial charge in [0.15, 0.2) is 0 Å². The summed E-state index contributed by atoms with van der Waals surface area (Å²) < 4.78 is 8.17. The van der Waals surface area contributed by atoms with Gasteiger partial charge < -0.3 is 9.47 Å². The van der Waals surface area contributed by atoms with Gasteiger partial charge in [-0.25, -0.2) is 0 Å². The van der Waals surface area contributed by atoms with Crippen LogP contribution in [0.4, 0.5) is 17.1 Å². The molecule has 224 valence electrons. The van der Waals surface area contributed by atoms with Crippen LogP contribution < -0.4 is 9.57 Å². The van der Waals surface area contributed by atoms with Crippen molar-refractivity contribution in [3.63, 3.8) is 0 Å². The number of nitrogens with zero attached hydrogens (tertiary/aromatic N) is 3. The molecule has 0 spiro atoms. The first-order valence-electron chi connectivity index (χ1n) is 16.2. The Morgan fingerprint density at radius 1 is 0.521 bits per heavy atom. The van der Waals surface area contributed by atoms with Crippen molar-refractivity contribution < 1.29 is 0 Å². The Bertz CT molecular complexity index is 2760. The summed E-state index contributed by atoms with van der Waals surface area (Å²) in [6.07, 6.45) is 3.99. The van der Waals surface area contributed by atoms with Gasteiger partial charge in [0.2, 0.25) is 0 Å². The van der Waals surface area contributed by atoms with Gasteiger partial charge in [-0.15, -0.1) is 11.3 Å². The third-order valence-corrected chi connectivity index (χ3v) is 10.6. The largest absolute Gasteiger partial charge is 0.310 e. The number of aromatic nitrogens is 1. The van der Waals surface area contributed by atoms with Crippen LogP contribution in [-0.2, 0) is 0 Å². The predicted octanol–water partition coefficient (Wildman–Crippen LogP) is 11.2. The van der Waals surface area contributed by atoms with Gasteiger partial charge in [0.1, 0.15) is 4.88 Å². The lowest BCUT2D eigenvalue weighted by Crippen LogP contribution is -2.11. The molecule has 3 heterocycles. The molecule has 48 heavy (non-hydrogen) atoms. The summed E-state index contributed by atoms with van der Waals surface area (Å²) in [5, 5.41) is 6.22. The summed E-state index contributed by atoms with van der Waals surface area (Å²) in [5.41, 5.74) is 10.5.